The van der Waals surface area contributed by atoms with Crippen molar-refractivity contribution in [2.24, 2.45) is 10.9 Å². The number of hydrogen-bond donors (Lipinski definition) is 1. The molecule has 1 N–H and O–H groups in total. The third-order valence-electron chi connectivity index (χ3n) is 3.61. The van der Waals surface area contributed by atoms with Gasteiger partial charge in [0.1, 0.15) is 0 Å². The van der Waals surface area contributed by atoms with Crippen LogP contribution in [0.4, 0.5) is 0 Å². The molecule has 2 rings (SSSR count). The average molecular weight is 299 g/mol. The first kappa shape index (κ1) is 16.0. The smallest absolute Gasteiger partial charge is 0.194 e. The van der Waals surface area contributed by atoms with Gasteiger partial charge in [-0.25, -0.2) is 0 Å². The van der Waals surface area contributed by atoms with E-state index in [1.165, 1.54) is 18.6 Å². The van der Waals surface area contributed by atoms with Crippen molar-refractivity contribution in [3.63, 3.8) is 0 Å². The second-order valence-electron chi connectivity index (χ2n) is 6.28. The molecule has 0 aromatic rings. The third-order valence-corrected chi connectivity index (χ3v) is 4.91. The Hall–Kier alpha value is -0.420. The molecule has 20 heavy (non-hydrogen) atoms. The zero-order valence-corrected chi connectivity index (χ0v) is 14.0. The Balaban J connectivity index is 1.77. The summed E-state index contributed by atoms with van der Waals surface area (Å²) in [6, 6.07) is 0. The second-order valence-corrected chi connectivity index (χ2v) is 8.09. The van der Waals surface area contributed by atoms with Gasteiger partial charge in [0, 0.05) is 36.7 Å². The quantitative estimate of drug-likeness (QED) is 0.463. The standard InChI is InChI=1S/C15H29N3OS/c1-4-16-14(17-7-9-19-11-13-5-6-13)18-8-10-20-15(2,3)12-18/h13H,4-12H2,1-3H3,(H,16,17). The van der Waals surface area contributed by atoms with Crippen molar-refractivity contribution in [3.05, 3.63) is 0 Å². The lowest BCUT2D eigenvalue weighted by atomic mass is 10.2. The number of aliphatic imine (C=N–C) groups is 1. The highest BCUT2D eigenvalue weighted by atomic mass is 32.2. The predicted molar refractivity (Wildman–Crippen MR) is 87.6 cm³/mol. The van der Waals surface area contributed by atoms with E-state index in [9.17, 15) is 0 Å². The van der Waals surface area contributed by atoms with Crippen LogP contribution in [0.25, 0.3) is 0 Å². The van der Waals surface area contributed by atoms with E-state index in [0.717, 1.165) is 51.3 Å². The van der Waals surface area contributed by atoms with Gasteiger partial charge >= 0.3 is 0 Å². The lowest BCUT2D eigenvalue weighted by molar-refractivity contribution is 0.131. The first-order valence-electron chi connectivity index (χ1n) is 7.86. The zero-order valence-electron chi connectivity index (χ0n) is 13.2. The monoisotopic (exact) mass is 299 g/mol. The summed E-state index contributed by atoms with van der Waals surface area (Å²) in [6.45, 7) is 12.3. The van der Waals surface area contributed by atoms with Crippen LogP contribution in [0.1, 0.15) is 33.6 Å². The van der Waals surface area contributed by atoms with E-state index in [2.05, 4.69) is 42.7 Å². The maximum Gasteiger partial charge on any atom is 0.194 e. The van der Waals surface area contributed by atoms with Crippen LogP contribution in [0.5, 0.6) is 0 Å². The number of thioether (sulfide) groups is 1. The van der Waals surface area contributed by atoms with E-state index in [1.54, 1.807) is 0 Å². The first-order chi connectivity index (χ1) is 9.61. The molecule has 2 aliphatic rings. The molecule has 0 amide bonds. The van der Waals surface area contributed by atoms with E-state index >= 15 is 0 Å². The molecule has 4 nitrogen and oxygen atoms in total. The topological polar surface area (TPSA) is 36.9 Å². The van der Waals surface area contributed by atoms with Gasteiger partial charge in [-0.15, -0.1) is 0 Å². The Bertz CT molecular complexity index is 329. The second kappa shape index (κ2) is 7.55. The van der Waals surface area contributed by atoms with E-state index < -0.39 is 0 Å². The first-order valence-corrected chi connectivity index (χ1v) is 8.84. The zero-order chi connectivity index (χ0) is 14.4. The maximum atomic E-state index is 5.66. The molecular formula is C15H29N3OS. The summed E-state index contributed by atoms with van der Waals surface area (Å²) in [7, 11) is 0. The minimum absolute atomic E-state index is 0.316. The minimum atomic E-state index is 0.316. The molecule has 116 valence electrons. The molecule has 1 saturated heterocycles. The van der Waals surface area contributed by atoms with Gasteiger partial charge in [-0.2, -0.15) is 11.8 Å². The summed E-state index contributed by atoms with van der Waals surface area (Å²) in [5.41, 5.74) is 0. The van der Waals surface area contributed by atoms with Crippen LogP contribution in [0, 0.1) is 5.92 Å². The van der Waals surface area contributed by atoms with Gasteiger partial charge in [-0.05, 0) is 39.5 Å². The van der Waals surface area contributed by atoms with Gasteiger partial charge in [0.15, 0.2) is 5.96 Å². The number of guanidine groups is 1. The van der Waals surface area contributed by atoms with Crippen molar-refractivity contribution >= 4 is 17.7 Å². The van der Waals surface area contributed by atoms with Crippen LogP contribution in [0.2, 0.25) is 0 Å². The van der Waals surface area contributed by atoms with Gasteiger partial charge in [-0.1, -0.05) is 0 Å². The number of ether oxygens (including phenoxy) is 1. The van der Waals surface area contributed by atoms with E-state index in [4.69, 9.17) is 9.73 Å². The molecule has 0 radical (unpaired) electrons. The Morgan fingerprint density at radius 2 is 2.25 bits per heavy atom. The van der Waals surface area contributed by atoms with Gasteiger partial charge in [0.05, 0.1) is 13.2 Å². The van der Waals surface area contributed by atoms with E-state index in [-0.39, 0.29) is 0 Å². The van der Waals surface area contributed by atoms with Crippen molar-refractivity contribution in [2.45, 2.75) is 38.4 Å². The predicted octanol–water partition coefficient (Wildman–Crippen LogP) is 2.21. The number of hydrogen-bond acceptors (Lipinski definition) is 3. The molecule has 0 bridgehead atoms. The van der Waals surface area contributed by atoms with Crippen molar-refractivity contribution < 1.29 is 4.74 Å². The molecule has 0 unspecified atom stereocenters. The molecule has 0 aromatic carbocycles. The summed E-state index contributed by atoms with van der Waals surface area (Å²) in [4.78, 5) is 7.11. The van der Waals surface area contributed by atoms with E-state index in [0.29, 0.717) is 4.75 Å². The summed E-state index contributed by atoms with van der Waals surface area (Å²) in [6.07, 6.45) is 2.71. The minimum Gasteiger partial charge on any atom is -0.379 e. The van der Waals surface area contributed by atoms with Crippen LogP contribution < -0.4 is 5.32 Å². The summed E-state index contributed by atoms with van der Waals surface area (Å²) >= 11 is 2.05. The van der Waals surface area contributed by atoms with Crippen LogP contribution >= 0.6 is 11.8 Å². The molecule has 1 aliphatic heterocycles. The molecule has 0 atom stereocenters. The van der Waals surface area contributed by atoms with E-state index in [1.807, 2.05) is 0 Å². The van der Waals surface area contributed by atoms with Crippen molar-refractivity contribution in [3.8, 4) is 0 Å². The van der Waals surface area contributed by atoms with Gasteiger partial charge in [0.2, 0.25) is 0 Å². The highest BCUT2D eigenvalue weighted by molar-refractivity contribution is 8.00. The fourth-order valence-electron chi connectivity index (χ4n) is 2.37. The number of nitrogens with one attached hydrogen (secondary N) is 1. The summed E-state index contributed by atoms with van der Waals surface area (Å²) < 4.78 is 5.97. The Morgan fingerprint density at radius 1 is 1.45 bits per heavy atom. The summed E-state index contributed by atoms with van der Waals surface area (Å²) in [5, 5.41) is 3.41. The highest BCUT2D eigenvalue weighted by Crippen LogP contribution is 2.29. The Labute approximate surface area is 127 Å². The van der Waals surface area contributed by atoms with Crippen LogP contribution in [0.3, 0.4) is 0 Å². The van der Waals surface area contributed by atoms with Crippen LogP contribution in [-0.2, 0) is 4.74 Å². The normalized spacial score (nSPS) is 22.9. The largest absolute Gasteiger partial charge is 0.379 e. The fourth-order valence-corrected chi connectivity index (χ4v) is 3.49. The molecule has 1 heterocycles. The highest BCUT2D eigenvalue weighted by Gasteiger charge is 2.28. The fraction of sp³-hybridized carbons (Fsp3) is 0.933. The van der Waals surface area contributed by atoms with Crippen molar-refractivity contribution in [2.75, 3.05) is 45.1 Å². The number of nitrogens with zero attached hydrogens (tertiary/aromatic N) is 2. The van der Waals surface area contributed by atoms with Crippen LogP contribution in [0.15, 0.2) is 4.99 Å². The summed E-state index contributed by atoms with van der Waals surface area (Å²) in [5.74, 6) is 3.07. The SMILES string of the molecule is CCNC(=NCCOCC1CC1)N1CCSC(C)(C)C1. The van der Waals surface area contributed by atoms with Gasteiger partial charge in [0.25, 0.3) is 0 Å². The molecule has 2 fully saturated rings. The molecular weight excluding hydrogens is 270 g/mol. The van der Waals surface area contributed by atoms with Crippen molar-refractivity contribution in [1.82, 2.24) is 10.2 Å². The maximum absolute atomic E-state index is 5.66. The lowest BCUT2D eigenvalue weighted by Crippen LogP contribution is -2.51. The number of rotatable bonds is 6. The van der Waals surface area contributed by atoms with Crippen LogP contribution in [-0.4, -0.2) is 60.8 Å². The van der Waals surface area contributed by atoms with Crippen molar-refractivity contribution in [1.29, 1.82) is 0 Å². The molecule has 1 aliphatic carbocycles. The Kier molecular flexibility index (Phi) is 6.02. The molecule has 1 saturated carbocycles. The average Bonchev–Trinajstić information content (AvgIpc) is 3.20. The Morgan fingerprint density at radius 3 is 2.90 bits per heavy atom. The van der Waals surface area contributed by atoms with Gasteiger partial charge in [-0.3, -0.25) is 4.99 Å². The lowest BCUT2D eigenvalue weighted by Gasteiger charge is -2.39. The molecule has 0 aromatic heterocycles. The molecule has 0 spiro atoms. The molecule has 5 heteroatoms. The van der Waals surface area contributed by atoms with Gasteiger partial charge < -0.3 is 15.0 Å². The third kappa shape index (κ3) is 5.52.